The first-order chi connectivity index (χ1) is 52.1. The Morgan fingerprint density at radius 1 is 0.366 bits per heavy atom. The van der Waals surface area contributed by atoms with Gasteiger partial charge in [0.15, 0.2) is 6.61 Å². The Morgan fingerprint density at radius 3 is 1.11 bits per heavy atom. The van der Waals surface area contributed by atoms with Crippen LogP contribution in [0.2, 0.25) is 0 Å². The van der Waals surface area contributed by atoms with Crippen LogP contribution in [0.25, 0.3) is 0 Å². The van der Waals surface area contributed by atoms with Crippen LogP contribution in [0.1, 0.15) is 256 Å². The number of halogens is 4. The number of carbonyl (C=O) groups is 11. The van der Waals surface area contributed by atoms with Gasteiger partial charge in [0.2, 0.25) is 0 Å². The van der Waals surface area contributed by atoms with Crippen molar-refractivity contribution in [2.45, 2.75) is 286 Å². The van der Waals surface area contributed by atoms with Crippen molar-refractivity contribution in [1.29, 1.82) is 0 Å². The molecular formula is C81H130F4N4O23. The zero-order valence-electron chi connectivity index (χ0n) is 68.6. The number of alkyl halides is 4. The first kappa shape index (κ1) is 96.7. The normalized spacial score (nSPS) is 24.3. The van der Waals surface area contributed by atoms with Crippen molar-refractivity contribution in [3.8, 4) is 0 Å². The number of unbranched alkanes of at least 4 members (excludes halogenated alkanes) is 1. The molecule has 0 radical (unpaired) electrons. The highest BCUT2D eigenvalue weighted by molar-refractivity contribution is 5.81. The molecule has 8 unspecified atom stereocenters. The molecule has 0 aromatic rings. The summed E-state index contributed by atoms with van der Waals surface area (Å²) in [4.78, 5) is 137. The third kappa shape index (κ3) is 40.9. The molecule has 4 amide bonds. The van der Waals surface area contributed by atoms with Gasteiger partial charge in [0.25, 0.3) is 11.8 Å². The van der Waals surface area contributed by atoms with Crippen molar-refractivity contribution < 1.29 is 127 Å². The molecule has 4 rings (SSSR count). The number of carbonyl (C=O) groups excluding carboxylic acids is 11. The molecule has 4 aliphatic carbocycles. The van der Waals surface area contributed by atoms with Gasteiger partial charge in [-0.15, -0.1) is 0 Å². The molecule has 0 heterocycles. The maximum atomic E-state index is 15.1. The van der Waals surface area contributed by atoms with Crippen LogP contribution in [0.3, 0.4) is 0 Å². The average molecular weight is 1600 g/mol. The summed E-state index contributed by atoms with van der Waals surface area (Å²) in [6, 6.07) is -0.931. The predicted molar refractivity (Wildman–Crippen MR) is 403 cm³/mol. The van der Waals surface area contributed by atoms with E-state index < -0.39 is 109 Å². The number of amides is 4. The third-order valence-corrected chi connectivity index (χ3v) is 20.8. The lowest BCUT2D eigenvalue weighted by Crippen LogP contribution is -2.47. The van der Waals surface area contributed by atoms with E-state index in [0.717, 1.165) is 31.4 Å². The molecule has 0 bridgehead atoms. The molecule has 112 heavy (non-hydrogen) atoms. The third-order valence-electron chi connectivity index (χ3n) is 20.8. The molecule has 4 aliphatic rings. The molecule has 640 valence electrons. The van der Waals surface area contributed by atoms with Gasteiger partial charge < -0.3 is 78.1 Å². The van der Waals surface area contributed by atoms with E-state index in [1.54, 1.807) is 0 Å². The second-order valence-corrected chi connectivity index (χ2v) is 36.0. The Hall–Kier alpha value is -7.63. The summed E-state index contributed by atoms with van der Waals surface area (Å²) < 4.78 is 122. The van der Waals surface area contributed by atoms with E-state index in [1.807, 2.05) is 41.5 Å². The highest BCUT2D eigenvalue weighted by Crippen LogP contribution is 2.53. The topological polar surface area (TPSA) is 347 Å². The average Bonchev–Trinajstić information content (AvgIpc) is 0.815. The maximum Gasteiger partial charge on any atom is 0.508 e. The van der Waals surface area contributed by atoms with E-state index >= 15 is 17.6 Å². The number of nitrogens with one attached hydrogen (secondary N) is 4. The molecule has 31 heteroatoms. The van der Waals surface area contributed by atoms with E-state index in [1.165, 1.54) is 0 Å². The molecule has 4 saturated carbocycles. The van der Waals surface area contributed by atoms with Gasteiger partial charge in [-0.3, -0.25) is 19.2 Å². The molecule has 0 aromatic carbocycles. The summed E-state index contributed by atoms with van der Waals surface area (Å²) in [5.41, 5.74) is -2.41. The van der Waals surface area contributed by atoms with Crippen LogP contribution in [0, 0.1) is 49.2 Å². The van der Waals surface area contributed by atoms with Crippen molar-refractivity contribution in [3.63, 3.8) is 0 Å². The molecule has 4 N–H and O–H groups in total. The summed E-state index contributed by atoms with van der Waals surface area (Å²) in [7, 11) is 0. The van der Waals surface area contributed by atoms with Gasteiger partial charge >= 0.3 is 66.3 Å². The van der Waals surface area contributed by atoms with Gasteiger partial charge in [0, 0.05) is 94.6 Å². The van der Waals surface area contributed by atoms with Crippen molar-refractivity contribution in [1.82, 2.24) is 21.3 Å². The van der Waals surface area contributed by atoms with Crippen LogP contribution in [0.4, 0.5) is 41.5 Å². The zero-order valence-corrected chi connectivity index (χ0v) is 68.6. The standard InChI is InChI=1S/C81H130F4N4O23/c1-15-61(90)101-32-19-34-104-64(93)24-27-76(11)47-58(44-73(5,6)50-76)87-68(97)108-31-18-17-30-103-63(92)23-26-78(13)49-60(46-75(9,10)52-78)89-70(99)112-56-81(84,85)54-80(82,83)29-40-106-66(95)41-57-42-72(3,4)53-79(14,43-57)55-86-67(96)107-36-21-38-110-71(100)111-39-22-37-109-69(98)88-59-45-74(7,8)51-77(12,48-59)28-25-65(94)105-35-20-33-102-62(91)16-2/h15-16,57-60H,1-2,17-56H2,3-14H3,(H,86,96)(H,87,97)(H,88,98)(H,89,99). The predicted octanol–water partition coefficient (Wildman–Crippen LogP) is 15.4. The smallest absolute Gasteiger partial charge is 0.466 e. The minimum Gasteiger partial charge on any atom is -0.466 e. The van der Waals surface area contributed by atoms with Crippen molar-refractivity contribution >= 4 is 66.3 Å². The molecular weight excluding hydrogens is 1470 g/mol. The molecule has 0 saturated heterocycles. The molecule has 27 nitrogen and oxygen atoms in total. The molecule has 0 aliphatic heterocycles. The molecule has 8 atom stereocenters. The van der Waals surface area contributed by atoms with E-state index in [2.05, 4.69) is 76.0 Å². The maximum absolute atomic E-state index is 15.1. The largest absolute Gasteiger partial charge is 0.508 e. The first-order valence-electron chi connectivity index (χ1n) is 39.6. The van der Waals surface area contributed by atoms with Gasteiger partial charge in [-0.25, -0.2) is 51.1 Å². The van der Waals surface area contributed by atoms with Crippen LogP contribution >= 0.6 is 0 Å². The number of hydrogen-bond acceptors (Lipinski definition) is 23. The second kappa shape index (κ2) is 44.9. The number of alkyl carbamates (subject to hydrolysis) is 4. The summed E-state index contributed by atoms with van der Waals surface area (Å²) in [5, 5.41) is 11.3. The summed E-state index contributed by atoms with van der Waals surface area (Å²) >= 11 is 0. The Kier molecular flexibility index (Phi) is 38.8. The van der Waals surface area contributed by atoms with Crippen molar-refractivity contribution in [2.75, 3.05) is 85.8 Å². The fourth-order valence-electron chi connectivity index (χ4n) is 17.9. The Bertz CT molecular complexity index is 3110. The Morgan fingerprint density at radius 2 is 0.696 bits per heavy atom. The number of esters is 6. The van der Waals surface area contributed by atoms with Crippen LogP contribution in [-0.4, -0.2) is 182 Å². The highest BCUT2D eigenvalue weighted by Gasteiger charge is 2.48. The Balaban J connectivity index is 1.04. The highest BCUT2D eigenvalue weighted by atomic mass is 19.3. The fraction of sp³-hybridized carbons (Fsp3) is 0.815. The lowest BCUT2D eigenvalue weighted by Gasteiger charge is -2.46. The minimum atomic E-state index is -4.14. The van der Waals surface area contributed by atoms with E-state index in [0.29, 0.717) is 103 Å². The lowest BCUT2D eigenvalue weighted by atomic mass is 9.60. The lowest BCUT2D eigenvalue weighted by molar-refractivity contribution is -0.155. The number of hydrogen-bond donors (Lipinski definition) is 4. The summed E-state index contributed by atoms with van der Waals surface area (Å²) in [6.45, 7) is 29.2. The summed E-state index contributed by atoms with van der Waals surface area (Å²) in [6.07, 6.45) is 6.24. The van der Waals surface area contributed by atoms with Gasteiger partial charge in [-0.05, 0) is 158 Å². The van der Waals surface area contributed by atoms with Crippen molar-refractivity contribution in [3.05, 3.63) is 25.3 Å². The minimum absolute atomic E-state index is 0.0352. The quantitative estimate of drug-likeness (QED) is 0.0145. The van der Waals surface area contributed by atoms with Crippen LogP contribution in [0.5, 0.6) is 0 Å². The van der Waals surface area contributed by atoms with Crippen LogP contribution in [0.15, 0.2) is 25.3 Å². The van der Waals surface area contributed by atoms with E-state index in [4.69, 9.17) is 56.8 Å². The van der Waals surface area contributed by atoms with E-state index in [-0.39, 0.29) is 174 Å². The summed E-state index contributed by atoms with van der Waals surface area (Å²) in [5.74, 6) is -11.4. The Labute approximate surface area is 659 Å². The van der Waals surface area contributed by atoms with Gasteiger partial charge in [0.1, 0.15) is 0 Å². The molecule has 0 spiro atoms. The van der Waals surface area contributed by atoms with Gasteiger partial charge in [-0.2, -0.15) is 0 Å². The monoisotopic (exact) mass is 1600 g/mol. The second-order valence-electron chi connectivity index (χ2n) is 36.0. The SMILES string of the molecule is C=CC(=O)OCCCOC(=O)CCC1(C)CC(NC(=O)OCCCCOC(=O)CCC2(C)CC(NC(=O)OCC(F)(F)CC(F)(F)CCOC(=O)CC3CC(C)(C)CC(C)(CNC(=O)OCCCOC(=O)OCCCOC(=O)NC4CC(C)(C)CC(C)(CCC(=O)OCCCOC(=O)C=C)C4)C3)CC(C)(C)C2)CC(C)(C)C1. The van der Waals surface area contributed by atoms with E-state index in [9.17, 15) is 52.7 Å². The van der Waals surface area contributed by atoms with Gasteiger partial charge in [-0.1, -0.05) is 96.2 Å². The first-order valence-corrected chi connectivity index (χ1v) is 39.6. The molecule has 4 fully saturated rings. The molecule has 0 aromatic heterocycles. The zero-order chi connectivity index (χ0) is 83.7. The number of ether oxygens (including phenoxy) is 12. The van der Waals surface area contributed by atoms with Crippen LogP contribution in [-0.2, 0) is 85.6 Å². The van der Waals surface area contributed by atoms with Crippen molar-refractivity contribution in [2.24, 2.45) is 49.2 Å². The van der Waals surface area contributed by atoms with Crippen LogP contribution < -0.4 is 21.3 Å². The van der Waals surface area contributed by atoms with Gasteiger partial charge in [0.05, 0.1) is 79.1 Å². The fourth-order valence-corrected chi connectivity index (χ4v) is 17.9. The number of rotatable bonds is 46.